The lowest BCUT2D eigenvalue weighted by molar-refractivity contribution is 0.178. The number of halogens is 2. The van der Waals surface area contributed by atoms with Crippen molar-refractivity contribution < 1.29 is 5.11 Å². The number of hydrogen-bond acceptors (Lipinski definition) is 3. The van der Waals surface area contributed by atoms with E-state index in [-0.39, 0.29) is 0 Å². The molecule has 1 aromatic carbocycles. The molecule has 5 heteroatoms. The Hall–Kier alpha value is -1.10. The van der Waals surface area contributed by atoms with E-state index < -0.39 is 6.10 Å². The molecule has 2 rings (SSSR count). The smallest absolute Gasteiger partial charge is 0.126 e. The first-order valence-electron chi connectivity index (χ1n) is 5.40. The van der Waals surface area contributed by atoms with Crippen LogP contribution >= 0.6 is 27.5 Å². The number of pyridine rings is 1. The van der Waals surface area contributed by atoms with Crippen LogP contribution in [-0.2, 0) is 6.42 Å². The summed E-state index contributed by atoms with van der Waals surface area (Å²) in [5.41, 5.74) is 7.24. The second-order valence-electron chi connectivity index (χ2n) is 3.93. The van der Waals surface area contributed by atoms with Gasteiger partial charge in [0.1, 0.15) is 5.82 Å². The summed E-state index contributed by atoms with van der Waals surface area (Å²) in [6.45, 7) is 0. The highest BCUT2D eigenvalue weighted by atomic mass is 79.9. The number of aliphatic hydroxyl groups excluding tert-OH is 1. The molecule has 0 amide bonds. The zero-order valence-electron chi connectivity index (χ0n) is 9.48. The summed E-state index contributed by atoms with van der Waals surface area (Å²) in [5, 5.41) is 10.7. The largest absolute Gasteiger partial charge is 0.388 e. The molecule has 0 bridgehead atoms. The van der Waals surface area contributed by atoms with Crippen LogP contribution in [0.2, 0.25) is 5.02 Å². The molecule has 3 N–H and O–H groups in total. The number of nitrogen functional groups attached to an aromatic ring is 1. The van der Waals surface area contributed by atoms with E-state index in [1.807, 2.05) is 12.1 Å². The van der Waals surface area contributed by atoms with Gasteiger partial charge in [0.2, 0.25) is 0 Å². The zero-order chi connectivity index (χ0) is 13.1. The van der Waals surface area contributed by atoms with E-state index in [1.54, 1.807) is 24.4 Å². The van der Waals surface area contributed by atoms with Crippen LogP contribution in [0.5, 0.6) is 0 Å². The van der Waals surface area contributed by atoms with Crippen LogP contribution in [-0.4, -0.2) is 10.1 Å². The molecule has 0 spiro atoms. The molecule has 1 unspecified atom stereocenters. The van der Waals surface area contributed by atoms with Crippen LogP contribution < -0.4 is 5.73 Å². The number of nitrogens with two attached hydrogens (primary N) is 1. The summed E-state index contributed by atoms with van der Waals surface area (Å²) in [6, 6.07) is 9.04. The van der Waals surface area contributed by atoms with Gasteiger partial charge >= 0.3 is 0 Å². The molecule has 0 saturated carbocycles. The van der Waals surface area contributed by atoms with Gasteiger partial charge in [-0.15, -0.1) is 0 Å². The number of anilines is 1. The van der Waals surface area contributed by atoms with Crippen molar-refractivity contribution in [1.82, 2.24) is 4.98 Å². The molecular weight excluding hydrogens is 316 g/mol. The molecule has 0 saturated heterocycles. The highest BCUT2D eigenvalue weighted by molar-refractivity contribution is 9.10. The maximum atomic E-state index is 10.2. The molecule has 2 aromatic rings. The SMILES string of the molecule is Nc1ncccc1CC(O)c1ccc(Br)cc1Cl. The van der Waals surface area contributed by atoms with E-state index in [4.69, 9.17) is 17.3 Å². The van der Waals surface area contributed by atoms with E-state index in [0.29, 0.717) is 22.8 Å². The topological polar surface area (TPSA) is 59.1 Å². The Balaban J connectivity index is 2.22. The summed E-state index contributed by atoms with van der Waals surface area (Å²) in [5.74, 6) is 0.435. The van der Waals surface area contributed by atoms with Crippen molar-refractivity contribution in [2.45, 2.75) is 12.5 Å². The molecular formula is C13H12BrClN2O. The van der Waals surface area contributed by atoms with Gasteiger partial charge in [0.25, 0.3) is 0 Å². The molecule has 0 fully saturated rings. The number of aromatic nitrogens is 1. The van der Waals surface area contributed by atoms with Gasteiger partial charge in [0.05, 0.1) is 6.10 Å². The van der Waals surface area contributed by atoms with Crippen molar-refractivity contribution >= 4 is 33.3 Å². The molecule has 3 nitrogen and oxygen atoms in total. The van der Waals surface area contributed by atoms with Gasteiger partial charge in [-0.1, -0.05) is 39.7 Å². The van der Waals surface area contributed by atoms with Gasteiger partial charge in [0, 0.05) is 22.1 Å². The van der Waals surface area contributed by atoms with E-state index in [2.05, 4.69) is 20.9 Å². The van der Waals surface area contributed by atoms with Gasteiger partial charge in [-0.05, 0) is 29.3 Å². The average molecular weight is 328 g/mol. The van der Waals surface area contributed by atoms with Crippen molar-refractivity contribution in [2.24, 2.45) is 0 Å². The van der Waals surface area contributed by atoms with Crippen LogP contribution in [0.15, 0.2) is 41.0 Å². The zero-order valence-corrected chi connectivity index (χ0v) is 11.8. The molecule has 1 atom stereocenters. The molecule has 0 aliphatic heterocycles. The maximum absolute atomic E-state index is 10.2. The van der Waals surface area contributed by atoms with Crippen LogP contribution in [0.4, 0.5) is 5.82 Å². The summed E-state index contributed by atoms with van der Waals surface area (Å²) in [7, 11) is 0. The third kappa shape index (κ3) is 3.02. The number of rotatable bonds is 3. The third-order valence-corrected chi connectivity index (χ3v) is 3.48. The molecule has 94 valence electrons. The normalized spacial score (nSPS) is 12.4. The predicted molar refractivity (Wildman–Crippen MR) is 76.5 cm³/mol. The average Bonchev–Trinajstić information content (AvgIpc) is 2.32. The predicted octanol–water partition coefficient (Wildman–Crippen LogP) is 3.36. The van der Waals surface area contributed by atoms with Crippen molar-refractivity contribution in [1.29, 1.82) is 0 Å². The summed E-state index contributed by atoms with van der Waals surface area (Å²) < 4.78 is 0.879. The van der Waals surface area contributed by atoms with Gasteiger partial charge < -0.3 is 10.8 Å². The summed E-state index contributed by atoms with van der Waals surface area (Å²) in [6.07, 6.45) is 1.32. The molecule has 18 heavy (non-hydrogen) atoms. The quantitative estimate of drug-likeness (QED) is 0.909. The Morgan fingerprint density at radius 3 is 2.83 bits per heavy atom. The maximum Gasteiger partial charge on any atom is 0.126 e. The van der Waals surface area contributed by atoms with Crippen LogP contribution in [0.1, 0.15) is 17.2 Å². The standard InChI is InChI=1S/C13H12BrClN2O/c14-9-3-4-10(11(15)7-9)12(18)6-8-2-1-5-17-13(8)16/h1-5,7,12,18H,6H2,(H2,16,17). The van der Waals surface area contributed by atoms with Crippen LogP contribution in [0.25, 0.3) is 0 Å². The number of nitrogens with zero attached hydrogens (tertiary/aromatic N) is 1. The molecule has 1 heterocycles. The summed E-state index contributed by atoms with van der Waals surface area (Å²) in [4.78, 5) is 3.99. The Bertz CT molecular complexity index is 562. The summed E-state index contributed by atoms with van der Waals surface area (Å²) >= 11 is 9.42. The van der Waals surface area contributed by atoms with Gasteiger partial charge in [0.15, 0.2) is 0 Å². The van der Waals surface area contributed by atoms with Crippen LogP contribution in [0, 0.1) is 0 Å². The number of hydrogen-bond donors (Lipinski definition) is 2. The van der Waals surface area contributed by atoms with Gasteiger partial charge in [-0.25, -0.2) is 4.98 Å². The fourth-order valence-corrected chi connectivity index (χ4v) is 2.51. The van der Waals surface area contributed by atoms with E-state index in [9.17, 15) is 5.11 Å². The van der Waals surface area contributed by atoms with Crippen molar-refractivity contribution in [3.05, 3.63) is 57.2 Å². The molecule has 1 aromatic heterocycles. The van der Waals surface area contributed by atoms with Crippen LogP contribution in [0.3, 0.4) is 0 Å². The Morgan fingerprint density at radius 2 is 2.17 bits per heavy atom. The fraction of sp³-hybridized carbons (Fsp3) is 0.154. The first kappa shape index (κ1) is 13.3. The second kappa shape index (κ2) is 5.69. The third-order valence-electron chi connectivity index (χ3n) is 2.66. The van der Waals surface area contributed by atoms with E-state index in [0.717, 1.165) is 10.0 Å². The molecule has 0 radical (unpaired) electrons. The minimum Gasteiger partial charge on any atom is -0.388 e. The molecule has 0 aliphatic rings. The van der Waals surface area contributed by atoms with Gasteiger partial charge in [-0.3, -0.25) is 0 Å². The Kier molecular flexibility index (Phi) is 4.22. The number of benzene rings is 1. The lowest BCUT2D eigenvalue weighted by atomic mass is 10.0. The fourth-order valence-electron chi connectivity index (χ4n) is 1.71. The van der Waals surface area contributed by atoms with E-state index >= 15 is 0 Å². The highest BCUT2D eigenvalue weighted by Gasteiger charge is 2.14. The minimum absolute atomic E-state index is 0.390. The van der Waals surface area contributed by atoms with Crippen molar-refractivity contribution in [2.75, 3.05) is 5.73 Å². The Labute approximate surface area is 119 Å². The van der Waals surface area contributed by atoms with E-state index in [1.165, 1.54) is 0 Å². The molecule has 0 aliphatic carbocycles. The first-order chi connectivity index (χ1) is 8.58. The Morgan fingerprint density at radius 1 is 1.39 bits per heavy atom. The monoisotopic (exact) mass is 326 g/mol. The minimum atomic E-state index is -0.697. The first-order valence-corrected chi connectivity index (χ1v) is 6.57. The number of aliphatic hydroxyl groups is 1. The van der Waals surface area contributed by atoms with Gasteiger partial charge in [-0.2, -0.15) is 0 Å². The van der Waals surface area contributed by atoms with Crippen molar-refractivity contribution in [3.63, 3.8) is 0 Å². The second-order valence-corrected chi connectivity index (χ2v) is 5.26. The lowest BCUT2D eigenvalue weighted by Crippen LogP contribution is -2.05. The lowest BCUT2D eigenvalue weighted by Gasteiger charge is -2.13. The highest BCUT2D eigenvalue weighted by Crippen LogP contribution is 2.29. The van der Waals surface area contributed by atoms with Crippen molar-refractivity contribution in [3.8, 4) is 0 Å².